The highest BCUT2D eigenvalue weighted by atomic mass is 28.3. The summed E-state index contributed by atoms with van der Waals surface area (Å²) in [5, 5.41) is 11.2. The summed E-state index contributed by atoms with van der Waals surface area (Å²) < 4.78 is 12.7. The van der Waals surface area contributed by atoms with Gasteiger partial charge < -0.3 is 24.4 Å². The molecule has 0 aliphatic carbocycles. The standard InChI is InChI=1S/C42H47N3O6Si/c1-29-40(52(3,4)35-21-19-34(50-2)20-22-35)38(25-39(48)43-23-11-16-33(43)27-46)51-42(29)36-17-8-9-18-37(36)44(41(42)49)26-30-12-10-15-32(24-30)45(28-47)31-13-6-5-7-14-31/h5-10,12-15,17-22,24,28-29,33,38,40,46H,11,16,23,25-27H2,1-4H3/t29-,33-,38+,40-,42+/m0/s1. The minimum atomic E-state index is -2.45. The molecule has 1 N–H and O–H groups in total. The number of amides is 3. The molecule has 270 valence electrons. The highest BCUT2D eigenvalue weighted by Gasteiger charge is 2.66. The van der Waals surface area contributed by atoms with Gasteiger partial charge in [-0.1, -0.05) is 85.9 Å². The Labute approximate surface area is 306 Å². The lowest BCUT2D eigenvalue weighted by molar-refractivity contribution is -0.150. The van der Waals surface area contributed by atoms with Gasteiger partial charge in [-0.2, -0.15) is 0 Å². The van der Waals surface area contributed by atoms with Crippen molar-refractivity contribution in [2.45, 2.75) is 69.1 Å². The summed E-state index contributed by atoms with van der Waals surface area (Å²) >= 11 is 0. The van der Waals surface area contributed by atoms with Crippen LogP contribution < -0.4 is 19.7 Å². The minimum absolute atomic E-state index is 0.0409. The maximum absolute atomic E-state index is 15.2. The van der Waals surface area contributed by atoms with E-state index in [9.17, 15) is 14.7 Å². The molecule has 4 aromatic rings. The number of aliphatic hydroxyl groups is 1. The molecule has 7 rings (SSSR count). The van der Waals surface area contributed by atoms with E-state index in [1.165, 1.54) is 5.19 Å². The number of fused-ring (bicyclic) bond motifs is 2. The zero-order valence-electron chi connectivity index (χ0n) is 30.3. The predicted octanol–water partition coefficient (Wildman–Crippen LogP) is 6.13. The van der Waals surface area contributed by atoms with Crippen LogP contribution in [0.2, 0.25) is 18.6 Å². The quantitative estimate of drug-likeness (QED) is 0.148. The van der Waals surface area contributed by atoms with Crippen molar-refractivity contribution < 1.29 is 29.0 Å². The molecule has 0 radical (unpaired) electrons. The summed E-state index contributed by atoms with van der Waals surface area (Å²) in [5.74, 6) is 0.336. The number of aliphatic hydroxyl groups excluding tert-OH is 1. The molecule has 2 saturated heterocycles. The summed E-state index contributed by atoms with van der Waals surface area (Å²) in [6.07, 6.45) is 2.06. The van der Waals surface area contributed by atoms with E-state index in [1.807, 2.05) is 95.9 Å². The van der Waals surface area contributed by atoms with Gasteiger partial charge in [0.05, 0.1) is 52.6 Å². The SMILES string of the molecule is COc1ccc([Si](C)(C)[C@@H]2[C@@H](CC(=O)N3CCC[C@H]3CO)O[C@]3(C(=O)N(Cc4cccc(N(C=O)c5ccccc5)c4)c4ccccc43)[C@H]2C)cc1. The van der Waals surface area contributed by atoms with Gasteiger partial charge in [-0.25, -0.2) is 0 Å². The first-order chi connectivity index (χ1) is 25.1. The monoisotopic (exact) mass is 717 g/mol. The van der Waals surface area contributed by atoms with Gasteiger partial charge >= 0.3 is 0 Å². The fraction of sp³-hybridized carbons (Fsp3) is 0.357. The number of anilines is 3. The Hall–Kier alpha value is -4.77. The third kappa shape index (κ3) is 6.02. The average Bonchev–Trinajstić information content (AvgIpc) is 3.83. The van der Waals surface area contributed by atoms with Gasteiger partial charge in [0.1, 0.15) is 5.75 Å². The second-order valence-corrected chi connectivity index (χ2v) is 19.5. The molecule has 3 amide bonds. The number of para-hydroxylation sites is 2. The van der Waals surface area contributed by atoms with E-state index >= 15 is 4.79 Å². The molecule has 0 aromatic heterocycles. The first kappa shape index (κ1) is 35.6. The van der Waals surface area contributed by atoms with Crippen LogP contribution in [0.15, 0.2) is 103 Å². The van der Waals surface area contributed by atoms with Crippen LogP contribution in [0.1, 0.15) is 37.3 Å². The lowest BCUT2D eigenvalue weighted by Gasteiger charge is -2.37. The Balaban J connectivity index is 1.26. The Morgan fingerprint density at radius 1 is 1.00 bits per heavy atom. The maximum Gasteiger partial charge on any atom is 0.264 e. The van der Waals surface area contributed by atoms with Crippen LogP contribution in [0.5, 0.6) is 5.75 Å². The number of methoxy groups -OCH3 is 1. The number of hydrogen-bond acceptors (Lipinski definition) is 6. The summed E-state index contributed by atoms with van der Waals surface area (Å²) in [7, 11) is -0.794. The van der Waals surface area contributed by atoms with E-state index < -0.39 is 19.8 Å². The van der Waals surface area contributed by atoms with Crippen molar-refractivity contribution in [3.8, 4) is 5.75 Å². The number of nitrogens with zero attached hydrogens (tertiary/aromatic N) is 3. The van der Waals surface area contributed by atoms with E-state index in [1.54, 1.807) is 16.9 Å². The van der Waals surface area contributed by atoms with Gasteiger partial charge in [-0.05, 0) is 66.4 Å². The summed E-state index contributed by atoms with van der Waals surface area (Å²) in [6.45, 7) is 7.57. The highest BCUT2D eigenvalue weighted by Crippen LogP contribution is 2.60. The number of likely N-dealkylation sites (tertiary alicyclic amines) is 1. The van der Waals surface area contributed by atoms with Crippen LogP contribution >= 0.6 is 0 Å². The molecule has 0 bridgehead atoms. The second-order valence-electron chi connectivity index (χ2n) is 14.8. The van der Waals surface area contributed by atoms with Crippen molar-refractivity contribution in [1.82, 2.24) is 4.90 Å². The molecule has 10 heteroatoms. The van der Waals surface area contributed by atoms with E-state index in [2.05, 4.69) is 32.2 Å². The normalized spacial score (nSPS) is 24.0. The fourth-order valence-corrected chi connectivity index (χ4v) is 13.1. The molecule has 3 heterocycles. The van der Waals surface area contributed by atoms with Crippen LogP contribution in [0.25, 0.3) is 0 Å². The van der Waals surface area contributed by atoms with E-state index in [4.69, 9.17) is 9.47 Å². The molecular formula is C42H47N3O6Si. The van der Waals surface area contributed by atoms with Crippen molar-refractivity contribution in [3.05, 3.63) is 114 Å². The van der Waals surface area contributed by atoms with Crippen LogP contribution in [0.4, 0.5) is 17.1 Å². The third-order valence-corrected chi connectivity index (χ3v) is 16.1. The van der Waals surface area contributed by atoms with Crippen LogP contribution in [0, 0.1) is 5.92 Å². The lowest BCUT2D eigenvalue weighted by atomic mass is 9.82. The molecule has 1 spiro atoms. The fourth-order valence-electron chi connectivity index (χ4n) is 9.11. The van der Waals surface area contributed by atoms with Gasteiger partial charge in [0.25, 0.3) is 5.91 Å². The predicted molar refractivity (Wildman–Crippen MR) is 205 cm³/mol. The average molecular weight is 718 g/mol. The van der Waals surface area contributed by atoms with Crippen LogP contribution in [0.3, 0.4) is 0 Å². The van der Waals surface area contributed by atoms with Crippen molar-refractivity contribution in [3.63, 3.8) is 0 Å². The minimum Gasteiger partial charge on any atom is -0.497 e. The topological polar surface area (TPSA) is 99.6 Å². The molecule has 5 atom stereocenters. The zero-order valence-corrected chi connectivity index (χ0v) is 31.3. The Kier molecular flexibility index (Phi) is 9.82. The number of carbonyl (C=O) groups is 3. The second kappa shape index (κ2) is 14.3. The molecule has 2 fully saturated rings. The number of hydrogen-bond donors (Lipinski definition) is 1. The zero-order chi connectivity index (χ0) is 36.6. The molecule has 9 nitrogen and oxygen atoms in total. The maximum atomic E-state index is 15.2. The Morgan fingerprint density at radius 3 is 2.42 bits per heavy atom. The first-order valence-electron chi connectivity index (χ1n) is 18.2. The van der Waals surface area contributed by atoms with Gasteiger partial charge in [0, 0.05) is 29.4 Å². The first-order valence-corrected chi connectivity index (χ1v) is 21.2. The van der Waals surface area contributed by atoms with Crippen LogP contribution in [-0.2, 0) is 31.3 Å². The molecule has 3 aliphatic heterocycles. The third-order valence-electron chi connectivity index (χ3n) is 11.7. The summed E-state index contributed by atoms with van der Waals surface area (Å²) in [6, 6.07) is 33.0. The molecule has 0 unspecified atom stereocenters. The Morgan fingerprint density at radius 2 is 1.71 bits per heavy atom. The van der Waals surface area contributed by atoms with E-state index in [0.717, 1.165) is 47.5 Å². The number of benzene rings is 4. The largest absolute Gasteiger partial charge is 0.497 e. The van der Waals surface area contributed by atoms with Crippen molar-refractivity contribution in [2.75, 3.05) is 30.1 Å². The number of ether oxygens (including phenoxy) is 2. The molecule has 3 aliphatic rings. The van der Waals surface area contributed by atoms with E-state index in [-0.39, 0.29) is 48.9 Å². The summed E-state index contributed by atoms with van der Waals surface area (Å²) in [5.41, 5.74) is 2.54. The smallest absolute Gasteiger partial charge is 0.264 e. The van der Waals surface area contributed by atoms with Crippen LogP contribution in [-0.4, -0.2) is 68.7 Å². The molecule has 52 heavy (non-hydrogen) atoms. The Bertz CT molecular complexity index is 1940. The van der Waals surface area contributed by atoms with Gasteiger partial charge in [0.2, 0.25) is 12.3 Å². The van der Waals surface area contributed by atoms with Crippen molar-refractivity contribution >= 4 is 48.5 Å². The van der Waals surface area contributed by atoms with Gasteiger partial charge in [-0.15, -0.1) is 0 Å². The number of rotatable bonds is 11. The van der Waals surface area contributed by atoms with Gasteiger partial charge in [0.15, 0.2) is 5.60 Å². The number of carbonyl (C=O) groups excluding carboxylic acids is 3. The molecule has 0 saturated carbocycles. The summed E-state index contributed by atoms with van der Waals surface area (Å²) in [4.78, 5) is 46.7. The molecular weight excluding hydrogens is 671 g/mol. The van der Waals surface area contributed by atoms with Crippen molar-refractivity contribution in [1.29, 1.82) is 0 Å². The lowest BCUT2D eigenvalue weighted by Crippen LogP contribution is -2.52. The van der Waals surface area contributed by atoms with E-state index in [0.29, 0.717) is 12.2 Å². The highest BCUT2D eigenvalue weighted by molar-refractivity contribution is 6.91. The van der Waals surface area contributed by atoms with Gasteiger partial charge in [-0.3, -0.25) is 19.3 Å². The van der Waals surface area contributed by atoms with Crippen molar-refractivity contribution in [2.24, 2.45) is 5.92 Å². The molecule has 4 aromatic carbocycles.